The van der Waals surface area contributed by atoms with E-state index in [2.05, 4.69) is 60.2 Å². The number of methoxy groups -OCH3 is 1. The molecule has 3 aromatic carbocycles. The van der Waals surface area contributed by atoms with Crippen LogP contribution in [0.15, 0.2) is 83.8 Å². The number of aromatic amines is 1. The summed E-state index contributed by atoms with van der Waals surface area (Å²) in [6.45, 7) is 18.2. The van der Waals surface area contributed by atoms with Crippen LogP contribution in [-0.2, 0) is 33.5 Å². The fourth-order valence-electron chi connectivity index (χ4n) is 6.98. The van der Waals surface area contributed by atoms with Gasteiger partial charge in [0.05, 0.1) is 36.6 Å². The van der Waals surface area contributed by atoms with Crippen molar-refractivity contribution in [2.45, 2.75) is 109 Å². The largest absolute Gasteiger partial charge is 0.488 e. The average Bonchev–Trinajstić information content (AvgIpc) is 3.68. The Hall–Kier alpha value is -5.03. The predicted molar refractivity (Wildman–Crippen MR) is 223 cm³/mol. The average molecular weight is 779 g/mol. The third-order valence-electron chi connectivity index (χ3n) is 9.50. The molecule has 1 aliphatic heterocycles. The highest BCUT2D eigenvalue weighted by Gasteiger charge is 2.42. The Labute approximate surface area is 334 Å². The highest BCUT2D eigenvalue weighted by atomic mass is 32.2. The highest BCUT2D eigenvalue weighted by Crippen LogP contribution is 2.43. The fourth-order valence-corrected chi connectivity index (χ4v) is 8.11. The lowest BCUT2D eigenvalue weighted by molar-refractivity contribution is -0.153. The number of esters is 1. The number of carbonyl (C=O) groups excluding carboxylic acids is 2. The Bertz CT molecular complexity index is 2170. The van der Waals surface area contributed by atoms with Crippen LogP contribution in [0.25, 0.3) is 22.2 Å². The Balaban J connectivity index is 1.39. The summed E-state index contributed by atoms with van der Waals surface area (Å²) in [6.07, 6.45) is 0.734. The number of nitrogens with one attached hydrogen (secondary N) is 1. The molecule has 3 heterocycles. The number of carbonyl (C=O) groups is 2. The molecule has 296 valence electrons. The van der Waals surface area contributed by atoms with Crippen molar-refractivity contribution in [1.29, 1.82) is 0 Å². The van der Waals surface area contributed by atoms with E-state index in [1.54, 1.807) is 29.8 Å². The maximum atomic E-state index is 14.0. The van der Waals surface area contributed by atoms with Gasteiger partial charge >= 0.3 is 12.1 Å². The molecular formula is C45H54N4O6S. The molecule has 2 aromatic heterocycles. The van der Waals surface area contributed by atoms with E-state index in [1.807, 2.05) is 90.1 Å². The Morgan fingerprint density at radius 2 is 1.66 bits per heavy atom. The van der Waals surface area contributed by atoms with Crippen LogP contribution in [0.2, 0.25) is 0 Å². The second-order valence-corrected chi connectivity index (χ2v) is 18.7. The molecule has 10 nitrogen and oxygen atoms in total. The molecule has 1 amide bonds. The predicted octanol–water partition coefficient (Wildman–Crippen LogP) is 10.0. The number of anilines is 1. The number of benzene rings is 3. The zero-order valence-corrected chi connectivity index (χ0v) is 35.0. The van der Waals surface area contributed by atoms with Gasteiger partial charge in [0.1, 0.15) is 17.5 Å². The smallest absolute Gasteiger partial charge is 0.415 e. The van der Waals surface area contributed by atoms with Gasteiger partial charge in [-0.05, 0) is 89.4 Å². The monoisotopic (exact) mass is 778 g/mol. The van der Waals surface area contributed by atoms with Crippen LogP contribution < -0.4 is 14.4 Å². The number of thioether (sulfide) groups is 1. The summed E-state index contributed by atoms with van der Waals surface area (Å²) < 4.78 is 23.6. The van der Waals surface area contributed by atoms with Gasteiger partial charge in [-0.1, -0.05) is 63.2 Å². The van der Waals surface area contributed by atoms with Crippen LogP contribution in [0, 0.1) is 5.41 Å². The minimum absolute atomic E-state index is 0.107. The Kier molecular flexibility index (Phi) is 11.8. The minimum Gasteiger partial charge on any atom is -0.488 e. The number of rotatable bonds is 12. The van der Waals surface area contributed by atoms with Crippen molar-refractivity contribution in [3.05, 3.63) is 95.7 Å². The van der Waals surface area contributed by atoms with Gasteiger partial charge in [-0.25, -0.2) is 4.79 Å². The highest BCUT2D eigenvalue weighted by molar-refractivity contribution is 8.00. The molecule has 0 spiro atoms. The maximum absolute atomic E-state index is 14.0. The number of ether oxygens (including phenoxy) is 4. The topological polar surface area (TPSA) is 116 Å². The molecule has 11 heteroatoms. The van der Waals surface area contributed by atoms with Gasteiger partial charge in [0, 0.05) is 50.7 Å². The third kappa shape index (κ3) is 9.49. The van der Waals surface area contributed by atoms with Crippen molar-refractivity contribution in [3.63, 3.8) is 0 Å². The number of para-hydroxylation sites is 1. The van der Waals surface area contributed by atoms with Gasteiger partial charge in [0.25, 0.3) is 0 Å². The molecule has 0 bridgehead atoms. The lowest BCUT2D eigenvalue weighted by Crippen LogP contribution is -2.50. The molecule has 2 unspecified atom stereocenters. The number of H-pyrrole nitrogens is 1. The molecule has 5 aromatic rings. The molecule has 0 aliphatic carbocycles. The lowest BCUT2D eigenvalue weighted by atomic mass is 9.88. The van der Waals surface area contributed by atoms with Gasteiger partial charge in [-0.3, -0.25) is 9.69 Å². The molecular weight excluding hydrogens is 725 g/mol. The van der Waals surface area contributed by atoms with Crippen LogP contribution in [0.3, 0.4) is 0 Å². The summed E-state index contributed by atoms with van der Waals surface area (Å²) in [5, 5.41) is 9.46. The fraction of sp³-hybridized carbons (Fsp3) is 0.422. The number of hydrogen-bond donors (Lipinski definition) is 1. The first kappa shape index (κ1) is 40.6. The van der Waals surface area contributed by atoms with Crippen LogP contribution in [0.5, 0.6) is 11.6 Å². The van der Waals surface area contributed by atoms with Crippen LogP contribution in [0.4, 0.5) is 10.5 Å². The van der Waals surface area contributed by atoms with E-state index in [0.29, 0.717) is 37.5 Å². The summed E-state index contributed by atoms with van der Waals surface area (Å²) in [7, 11) is 1.57. The normalized spacial score (nSPS) is 15.0. The molecule has 0 saturated heterocycles. The summed E-state index contributed by atoms with van der Waals surface area (Å²) in [6, 6.07) is 25.6. The minimum atomic E-state index is -0.730. The van der Waals surface area contributed by atoms with Gasteiger partial charge in [0.2, 0.25) is 5.88 Å². The Morgan fingerprint density at radius 1 is 0.929 bits per heavy atom. The molecule has 56 heavy (non-hydrogen) atoms. The molecule has 0 saturated carbocycles. The molecule has 0 fully saturated rings. The van der Waals surface area contributed by atoms with Gasteiger partial charge < -0.3 is 23.9 Å². The number of nitrogens with zero attached hydrogens (tertiary/aromatic N) is 3. The summed E-state index contributed by atoms with van der Waals surface area (Å²) in [5.74, 6) is 0.907. The van der Waals surface area contributed by atoms with Crippen LogP contribution >= 0.6 is 11.8 Å². The third-order valence-corrected chi connectivity index (χ3v) is 10.8. The van der Waals surface area contributed by atoms with E-state index < -0.39 is 23.2 Å². The van der Waals surface area contributed by atoms with Crippen molar-refractivity contribution in [2.75, 3.05) is 18.6 Å². The van der Waals surface area contributed by atoms with Crippen molar-refractivity contribution in [2.24, 2.45) is 5.41 Å². The zero-order chi connectivity index (χ0) is 40.4. The second kappa shape index (κ2) is 16.2. The quantitative estimate of drug-likeness (QED) is 0.0976. The first-order valence-electron chi connectivity index (χ1n) is 19.2. The molecule has 1 N–H and O–H groups in total. The summed E-state index contributed by atoms with van der Waals surface area (Å²) in [4.78, 5) is 33.5. The molecule has 0 radical (unpaired) electrons. The van der Waals surface area contributed by atoms with E-state index in [-0.39, 0.29) is 16.8 Å². The summed E-state index contributed by atoms with van der Waals surface area (Å²) >= 11 is 1.76. The van der Waals surface area contributed by atoms with Crippen molar-refractivity contribution in [1.82, 2.24) is 15.2 Å². The van der Waals surface area contributed by atoms with Gasteiger partial charge in [-0.15, -0.1) is 22.0 Å². The lowest BCUT2D eigenvalue weighted by Gasteiger charge is -2.34. The van der Waals surface area contributed by atoms with Gasteiger partial charge in [-0.2, -0.15) is 0 Å². The number of fused-ring (bicyclic) bond motifs is 2. The van der Waals surface area contributed by atoms with E-state index in [1.165, 1.54) is 0 Å². The molecule has 1 aliphatic rings. The Morgan fingerprint density at radius 3 is 2.30 bits per heavy atom. The SMILES string of the molecule is CCOC(=O)C(C)(C)Cc1[nH]c2ccc(OC(Cc3ccc(-c4ccc(OC)nn4)cc3)C3Cc4ccccc4N3C(=O)OC(C)(C)C)cc2c1SC(C)(C)C. The van der Waals surface area contributed by atoms with Crippen LogP contribution in [0.1, 0.15) is 79.1 Å². The first-order chi connectivity index (χ1) is 26.4. The first-order valence-corrected chi connectivity index (χ1v) is 20.0. The van der Waals surface area contributed by atoms with Crippen LogP contribution in [-0.4, -0.2) is 63.5 Å². The molecule has 6 rings (SSSR count). The number of aromatic nitrogens is 3. The number of amides is 1. The van der Waals surface area contributed by atoms with E-state index in [0.717, 1.165) is 49.6 Å². The maximum Gasteiger partial charge on any atom is 0.415 e. The molecule has 2 atom stereocenters. The standard InChI is InChI=1S/C45H54N4O6S/c1-11-53-41(50)45(8,9)27-35-40(56-44(5,6)7)32-26-31(20-21-34(32)46-35)54-38(24-28-16-18-29(19-17-28)33-22-23-39(52-10)48-47-33)37-25-30-14-12-13-15-36(30)49(37)42(51)55-43(2,3)4/h12-23,26,37-38,46H,11,24-25,27H2,1-10H3. The van der Waals surface area contributed by atoms with E-state index >= 15 is 0 Å². The summed E-state index contributed by atoms with van der Waals surface area (Å²) in [5.41, 5.74) is 5.11. The number of hydrogen-bond acceptors (Lipinski definition) is 9. The van der Waals surface area contributed by atoms with Crippen molar-refractivity contribution in [3.8, 4) is 22.9 Å². The van der Waals surface area contributed by atoms with Crippen molar-refractivity contribution < 1.29 is 28.5 Å². The van der Waals surface area contributed by atoms with Crippen molar-refractivity contribution >= 4 is 40.4 Å². The second-order valence-electron chi connectivity index (χ2n) is 16.9. The van der Waals surface area contributed by atoms with E-state index in [9.17, 15) is 9.59 Å². The van der Waals surface area contributed by atoms with E-state index in [4.69, 9.17) is 18.9 Å². The zero-order valence-electron chi connectivity index (χ0n) is 34.2. The van der Waals surface area contributed by atoms with Gasteiger partial charge in [0.15, 0.2) is 0 Å².